The van der Waals surface area contributed by atoms with Crippen molar-refractivity contribution >= 4 is 5.65 Å². The Bertz CT molecular complexity index is 433. The lowest BCUT2D eigenvalue weighted by molar-refractivity contribution is 0.477. The Morgan fingerprint density at radius 3 is 2.85 bits per heavy atom. The zero-order valence-corrected chi connectivity index (χ0v) is 7.60. The van der Waals surface area contributed by atoms with Gasteiger partial charge in [-0.2, -0.15) is 0 Å². The van der Waals surface area contributed by atoms with Gasteiger partial charge in [-0.25, -0.2) is 0 Å². The molecule has 68 valence electrons. The van der Waals surface area contributed by atoms with Crippen molar-refractivity contribution in [3.8, 4) is 5.75 Å². The van der Waals surface area contributed by atoms with E-state index in [-0.39, 0.29) is 5.75 Å². The molecule has 4 heteroatoms. The first-order valence-corrected chi connectivity index (χ1v) is 4.22. The minimum atomic E-state index is 0.168. The fourth-order valence-corrected chi connectivity index (χ4v) is 1.31. The van der Waals surface area contributed by atoms with Gasteiger partial charge in [0.25, 0.3) is 0 Å². The monoisotopic (exact) mass is 177 g/mol. The first-order valence-electron chi connectivity index (χ1n) is 4.22. The maximum atomic E-state index is 9.44. The molecule has 0 fully saturated rings. The molecule has 4 nitrogen and oxygen atoms in total. The third-order valence-corrected chi connectivity index (χ3v) is 1.96. The summed E-state index contributed by atoms with van der Waals surface area (Å²) in [7, 11) is 0. The molecule has 2 aromatic heterocycles. The zero-order valence-electron chi connectivity index (χ0n) is 7.60. The lowest BCUT2D eigenvalue weighted by atomic mass is 10.2. The fourth-order valence-electron chi connectivity index (χ4n) is 1.31. The fraction of sp³-hybridized carbons (Fsp3) is 0.333. The number of nitrogens with zero attached hydrogens (tertiary/aromatic N) is 3. The summed E-state index contributed by atoms with van der Waals surface area (Å²) < 4.78 is 1.81. The van der Waals surface area contributed by atoms with Crippen LogP contribution in [0.1, 0.15) is 25.6 Å². The highest BCUT2D eigenvalue weighted by Crippen LogP contribution is 2.19. The number of pyridine rings is 1. The molecule has 0 atom stereocenters. The van der Waals surface area contributed by atoms with E-state index in [0.717, 1.165) is 5.82 Å². The summed E-state index contributed by atoms with van der Waals surface area (Å²) in [4.78, 5) is 0. The van der Waals surface area contributed by atoms with Crippen molar-refractivity contribution in [1.29, 1.82) is 0 Å². The van der Waals surface area contributed by atoms with Crippen molar-refractivity contribution in [2.75, 3.05) is 0 Å². The largest absolute Gasteiger partial charge is 0.504 e. The molecule has 13 heavy (non-hydrogen) atoms. The second kappa shape index (κ2) is 2.73. The minimum absolute atomic E-state index is 0.168. The molecule has 0 saturated heterocycles. The predicted octanol–water partition coefficient (Wildman–Crippen LogP) is 1.56. The molecular formula is C9H11N3O. The summed E-state index contributed by atoms with van der Waals surface area (Å²) in [5.74, 6) is 1.34. The predicted molar refractivity (Wildman–Crippen MR) is 48.7 cm³/mol. The first-order chi connectivity index (χ1) is 6.20. The number of hydrogen-bond donors (Lipinski definition) is 1. The van der Waals surface area contributed by atoms with Gasteiger partial charge in [0.1, 0.15) is 5.82 Å². The van der Waals surface area contributed by atoms with Gasteiger partial charge in [-0.1, -0.05) is 13.8 Å². The van der Waals surface area contributed by atoms with Crippen LogP contribution in [-0.4, -0.2) is 19.7 Å². The molecule has 0 bridgehead atoms. The Kier molecular flexibility index (Phi) is 1.69. The molecule has 0 amide bonds. The van der Waals surface area contributed by atoms with Gasteiger partial charge < -0.3 is 5.11 Å². The van der Waals surface area contributed by atoms with Crippen LogP contribution in [0.15, 0.2) is 18.3 Å². The molecule has 0 radical (unpaired) electrons. The lowest BCUT2D eigenvalue weighted by Gasteiger charge is -2.01. The first kappa shape index (κ1) is 8.04. The van der Waals surface area contributed by atoms with Crippen LogP contribution in [0.5, 0.6) is 5.75 Å². The summed E-state index contributed by atoms with van der Waals surface area (Å²) in [5.41, 5.74) is 0.520. The number of rotatable bonds is 1. The molecule has 2 rings (SSSR count). The van der Waals surface area contributed by atoms with E-state index in [1.54, 1.807) is 16.5 Å². The van der Waals surface area contributed by atoms with E-state index in [2.05, 4.69) is 10.2 Å². The van der Waals surface area contributed by atoms with E-state index in [0.29, 0.717) is 11.6 Å². The Hall–Kier alpha value is -1.58. The van der Waals surface area contributed by atoms with E-state index in [1.165, 1.54) is 0 Å². The van der Waals surface area contributed by atoms with Crippen molar-refractivity contribution in [2.45, 2.75) is 19.8 Å². The van der Waals surface area contributed by atoms with Gasteiger partial charge >= 0.3 is 0 Å². The Morgan fingerprint density at radius 1 is 1.38 bits per heavy atom. The van der Waals surface area contributed by atoms with Crippen molar-refractivity contribution in [3.05, 3.63) is 24.2 Å². The third kappa shape index (κ3) is 1.14. The van der Waals surface area contributed by atoms with E-state index >= 15 is 0 Å². The van der Waals surface area contributed by atoms with Gasteiger partial charge in [0.15, 0.2) is 5.75 Å². The standard InChI is InChI=1S/C9H11N3O/c1-6(2)8-10-11-9-7(13)4-3-5-12(8)9/h3-6,13H,1-2H3. The summed E-state index contributed by atoms with van der Waals surface area (Å²) in [5, 5.41) is 17.4. The molecule has 0 aliphatic carbocycles. The van der Waals surface area contributed by atoms with Gasteiger partial charge in [0.05, 0.1) is 0 Å². The molecule has 0 aliphatic rings. The van der Waals surface area contributed by atoms with E-state index in [1.807, 2.05) is 20.0 Å². The lowest BCUT2D eigenvalue weighted by Crippen LogP contribution is -1.95. The number of fused-ring (bicyclic) bond motifs is 1. The second-order valence-corrected chi connectivity index (χ2v) is 3.30. The summed E-state index contributed by atoms with van der Waals surface area (Å²) >= 11 is 0. The van der Waals surface area contributed by atoms with Crippen molar-refractivity contribution < 1.29 is 5.11 Å². The van der Waals surface area contributed by atoms with Gasteiger partial charge in [-0.05, 0) is 12.1 Å². The van der Waals surface area contributed by atoms with Crippen LogP contribution in [0.3, 0.4) is 0 Å². The molecule has 0 saturated carbocycles. The quantitative estimate of drug-likeness (QED) is 0.719. The van der Waals surface area contributed by atoms with Crippen LogP contribution in [0.2, 0.25) is 0 Å². The summed E-state index contributed by atoms with van der Waals surface area (Å²) in [6, 6.07) is 3.38. The normalized spacial score (nSPS) is 11.3. The third-order valence-electron chi connectivity index (χ3n) is 1.96. The molecule has 2 heterocycles. The van der Waals surface area contributed by atoms with Crippen LogP contribution in [-0.2, 0) is 0 Å². The number of hydrogen-bond acceptors (Lipinski definition) is 3. The molecule has 0 spiro atoms. The highest BCUT2D eigenvalue weighted by Gasteiger charge is 2.10. The van der Waals surface area contributed by atoms with Crippen LogP contribution < -0.4 is 0 Å². The van der Waals surface area contributed by atoms with Crippen LogP contribution in [0, 0.1) is 0 Å². The second-order valence-electron chi connectivity index (χ2n) is 3.30. The van der Waals surface area contributed by atoms with Crippen LogP contribution >= 0.6 is 0 Å². The van der Waals surface area contributed by atoms with Crippen molar-refractivity contribution in [1.82, 2.24) is 14.6 Å². The maximum Gasteiger partial charge on any atom is 0.203 e. The maximum absolute atomic E-state index is 9.44. The average Bonchev–Trinajstić information content (AvgIpc) is 2.48. The van der Waals surface area contributed by atoms with Crippen molar-refractivity contribution in [3.63, 3.8) is 0 Å². The molecule has 0 aromatic carbocycles. The minimum Gasteiger partial charge on any atom is -0.504 e. The molecule has 0 aliphatic heterocycles. The van der Waals surface area contributed by atoms with Gasteiger partial charge in [0.2, 0.25) is 5.65 Å². The van der Waals surface area contributed by atoms with E-state index in [4.69, 9.17) is 0 Å². The highest BCUT2D eigenvalue weighted by molar-refractivity contribution is 5.52. The van der Waals surface area contributed by atoms with Crippen molar-refractivity contribution in [2.24, 2.45) is 0 Å². The Morgan fingerprint density at radius 2 is 2.15 bits per heavy atom. The van der Waals surface area contributed by atoms with Gasteiger partial charge in [-0.3, -0.25) is 4.40 Å². The highest BCUT2D eigenvalue weighted by atomic mass is 16.3. The smallest absolute Gasteiger partial charge is 0.203 e. The molecular weight excluding hydrogens is 166 g/mol. The topological polar surface area (TPSA) is 50.4 Å². The number of aromatic nitrogens is 3. The van der Waals surface area contributed by atoms with Gasteiger partial charge in [-0.15, -0.1) is 10.2 Å². The summed E-state index contributed by atoms with van der Waals surface area (Å²) in [6.07, 6.45) is 1.85. The molecule has 0 unspecified atom stereocenters. The molecule has 1 N–H and O–H groups in total. The van der Waals surface area contributed by atoms with Crippen LogP contribution in [0.25, 0.3) is 5.65 Å². The molecule has 2 aromatic rings. The SMILES string of the molecule is CC(C)c1nnc2c(O)cccn12. The van der Waals surface area contributed by atoms with Crippen LogP contribution in [0.4, 0.5) is 0 Å². The van der Waals surface area contributed by atoms with Gasteiger partial charge in [0, 0.05) is 12.1 Å². The summed E-state index contributed by atoms with van der Waals surface area (Å²) in [6.45, 7) is 4.08. The zero-order chi connectivity index (χ0) is 9.42. The van der Waals surface area contributed by atoms with E-state index < -0.39 is 0 Å². The Labute approximate surface area is 75.8 Å². The average molecular weight is 177 g/mol. The number of aromatic hydroxyl groups is 1. The van der Waals surface area contributed by atoms with E-state index in [9.17, 15) is 5.11 Å². The Balaban J connectivity index is 2.75.